The lowest BCUT2D eigenvalue weighted by molar-refractivity contribution is -0.181. The Balaban J connectivity index is 1.67. The second-order valence-electron chi connectivity index (χ2n) is 4.72. The number of hydrogen-bond donors (Lipinski definition) is 1. The van der Waals surface area contributed by atoms with Crippen LogP contribution in [0.4, 0.5) is 0 Å². The van der Waals surface area contributed by atoms with Gasteiger partial charge in [0.1, 0.15) is 0 Å². The quantitative estimate of drug-likeness (QED) is 0.596. The normalized spacial score (nSPS) is 52.8. The molecule has 2 bridgehead atoms. The molecule has 3 aliphatic carbocycles. The minimum atomic E-state index is 0.248. The third-order valence-electron chi connectivity index (χ3n) is 3.73. The molecule has 4 aliphatic rings. The first-order valence-electron chi connectivity index (χ1n) is 4.84. The van der Waals surface area contributed by atoms with Gasteiger partial charge in [0, 0.05) is 24.2 Å². The molecule has 2 N–H and O–H groups in total. The van der Waals surface area contributed by atoms with E-state index >= 15 is 0 Å². The average molecular weight is 168 g/mol. The van der Waals surface area contributed by atoms with Crippen molar-refractivity contribution in [3.8, 4) is 0 Å². The van der Waals surface area contributed by atoms with E-state index in [1.807, 2.05) is 0 Å². The zero-order chi connectivity index (χ0) is 8.23. The van der Waals surface area contributed by atoms with E-state index in [0.717, 1.165) is 26.3 Å². The molecule has 0 atom stereocenters. The van der Waals surface area contributed by atoms with Crippen molar-refractivity contribution in [2.24, 2.45) is 5.73 Å². The van der Waals surface area contributed by atoms with Gasteiger partial charge in [0.25, 0.3) is 0 Å². The Morgan fingerprint density at radius 2 is 1.67 bits per heavy atom. The van der Waals surface area contributed by atoms with Crippen molar-refractivity contribution in [3.05, 3.63) is 0 Å². The number of hydrogen-bond acceptors (Lipinski definition) is 3. The molecular weight excluding hydrogens is 152 g/mol. The first kappa shape index (κ1) is 7.30. The summed E-state index contributed by atoms with van der Waals surface area (Å²) in [5, 5.41) is 0. The molecule has 1 aliphatic heterocycles. The lowest BCUT2D eigenvalue weighted by atomic mass is 9.44. The molecule has 0 radical (unpaired) electrons. The van der Waals surface area contributed by atoms with Crippen molar-refractivity contribution in [2.45, 2.75) is 30.3 Å². The molecule has 0 amide bonds. The fraction of sp³-hybridized carbons (Fsp3) is 1.00. The molecule has 0 unspecified atom stereocenters. The van der Waals surface area contributed by atoms with E-state index < -0.39 is 0 Å². The Labute approximate surface area is 72.9 Å². The SMILES string of the molecule is NC12CC(N3CCOCC3)(C1)C2. The van der Waals surface area contributed by atoms with Gasteiger partial charge >= 0.3 is 0 Å². The molecule has 1 heterocycles. The van der Waals surface area contributed by atoms with Crippen LogP contribution in [0.25, 0.3) is 0 Å². The minimum absolute atomic E-state index is 0.248. The Morgan fingerprint density at radius 3 is 2.17 bits per heavy atom. The lowest BCUT2D eigenvalue weighted by Gasteiger charge is -2.73. The molecule has 68 valence electrons. The van der Waals surface area contributed by atoms with Gasteiger partial charge < -0.3 is 10.5 Å². The fourth-order valence-electron chi connectivity index (χ4n) is 3.18. The van der Waals surface area contributed by atoms with Gasteiger partial charge in [-0.05, 0) is 19.3 Å². The van der Waals surface area contributed by atoms with Crippen LogP contribution in [-0.4, -0.2) is 42.3 Å². The van der Waals surface area contributed by atoms with Crippen LogP contribution in [0.1, 0.15) is 19.3 Å². The smallest absolute Gasteiger partial charge is 0.0594 e. The maximum absolute atomic E-state index is 6.02. The molecule has 4 fully saturated rings. The largest absolute Gasteiger partial charge is 0.379 e. The first-order chi connectivity index (χ1) is 5.73. The third kappa shape index (κ3) is 0.767. The lowest BCUT2D eigenvalue weighted by Crippen LogP contribution is -2.82. The van der Waals surface area contributed by atoms with Crippen LogP contribution in [-0.2, 0) is 4.74 Å². The highest BCUT2D eigenvalue weighted by molar-refractivity contribution is 5.27. The molecule has 0 spiro atoms. The van der Waals surface area contributed by atoms with Crippen molar-refractivity contribution in [1.82, 2.24) is 4.90 Å². The van der Waals surface area contributed by atoms with E-state index in [2.05, 4.69) is 4.90 Å². The molecule has 0 aromatic heterocycles. The Hall–Kier alpha value is -0.120. The summed E-state index contributed by atoms with van der Waals surface area (Å²) in [5.74, 6) is 0. The van der Waals surface area contributed by atoms with Crippen molar-refractivity contribution < 1.29 is 4.74 Å². The average Bonchev–Trinajstić information content (AvgIpc) is 1.99. The van der Waals surface area contributed by atoms with Gasteiger partial charge in [-0.2, -0.15) is 0 Å². The number of rotatable bonds is 1. The number of ether oxygens (including phenoxy) is 1. The molecule has 0 aromatic carbocycles. The molecule has 3 saturated carbocycles. The van der Waals surface area contributed by atoms with Gasteiger partial charge in [0.15, 0.2) is 0 Å². The van der Waals surface area contributed by atoms with Crippen LogP contribution in [0.5, 0.6) is 0 Å². The summed E-state index contributed by atoms with van der Waals surface area (Å²) in [5.41, 5.74) is 6.80. The highest BCUT2D eigenvalue weighted by Gasteiger charge is 2.68. The van der Waals surface area contributed by atoms with Gasteiger partial charge in [-0.25, -0.2) is 0 Å². The summed E-state index contributed by atoms with van der Waals surface area (Å²) in [4.78, 5) is 2.59. The molecule has 3 heteroatoms. The van der Waals surface area contributed by atoms with Crippen molar-refractivity contribution in [1.29, 1.82) is 0 Å². The first-order valence-corrected chi connectivity index (χ1v) is 4.84. The summed E-state index contributed by atoms with van der Waals surface area (Å²) in [7, 11) is 0. The van der Waals surface area contributed by atoms with Crippen LogP contribution < -0.4 is 5.73 Å². The number of nitrogens with two attached hydrogens (primary N) is 1. The zero-order valence-corrected chi connectivity index (χ0v) is 7.38. The molecule has 4 rings (SSSR count). The standard InChI is InChI=1S/C9H16N2O/c10-8-5-9(6-8,7-8)11-1-3-12-4-2-11/h1-7,10H2. The predicted octanol–water partition coefficient (Wildman–Crippen LogP) is -0.0476. The summed E-state index contributed by atoms with van der Waals surface area (Å²) < 4.78 is 5.33. The summed E-state index contributed by atoms with van der Waals surface area (Å²) in [6, 6.07) is 0. The summed E-state index contributed by atoms with van der Waals surface area (Å²) in [6.45, 7) is 4.07. The molecule has 3 nitrogen and oxygen atoms in total. The van der Waals surface area contributed by atoms with E-state index in [9.17, 15) is 0 Å². The summed E-state index contributed by atoms with van der Waals surface area (Å²) >= 11 is 0. The second kappa shape index (κ2) is 2.03. The zero-order valence-electron chi connectivity index (χ0n) is 7.38. The van der Waals surface area contributed by atoms with Crippen molar-refractivity contribution in [3.63, 3.8) is 0 Å². The number of morpholine rings is 1. The maximum atomic E-state index is 6.02. The third-order valence-corrected chi connectivity index (χ3v) is 3.73. The van der Waals surface area contributed by atoms with Crippen LogP contribution in [0.3, 0.4) is 0 Å². The highest BCUT2D eigenvalue weighted by Crippen LogP contribution is 2.62. The molecule has 1 saturated heterocycles. The predicted molar refractivity (Wildman–Crippen MR) is 45.9 cm³/mol. The van der Waals surface area contributed by atoms with Crippen LogP contribution in [0, 0.1) is 0 Å². The Morgan fingerprint density at radius 1 is 1.08 bits per heavy atom. The van der Waals surface area contributed by atoms with Gasteiger partial charge in [-0.1, -0.05) is 0 Å². The van der Waals surface area contributed by atoms with E-state index in [1.54, 1.807) is 0 Å². The van der Waals surface area contributed by atoms with Crippen molar-refractivity contribution in [2.75, 3.05) is 26.3 Å². The highest BCUT2D eigenvalue weighted by atomic mass is 16.5. The Bertz CT molecular complexity index is 191. The Kier molecular flexibility index (Phi) is 1.23. The van der Waals surface area contributed by atoms with E-state index in [1.165, 1.54) is 19.3 Å². The van der Waals surface area contributed by atoms with E-state index in [0.29, 0.717) is 5.54 Å². The molecular formula is C9H16N2O. The van der Waals surface area contributed by atoms with Gasteiger partial charge in [0.2, 0.25) is 0 Å². The minimum Gasteiger partial charge on any atom is -0.379 e. The fourth-order valence-corrected chi connectivity index (χ4v) is 3.18. The summed E-state index contributed by atoms with van der Waals surface area (Å²) in [6.07, 6.45) is 3.71. The number of nitrogens with zero attached hydrogens (tertiary/aromatic N) is 1. The second-order valence-corrected chi connectivity index (χ2v) is 4.72. The topological polar surface area (TPSA) is 38.5 Å². The van der Waals surface area contributed by atoms with Crippen LogP contribution in [0.15, 0.2) is 0 Å². The monoisotopic (exact) mass is 168 g/mol. The van der Waals surface area contributed by atoms with E-state index in [-0.39, 0.29) is 5.54 Å². The van der Waals surface area contributed by atoms with E-state index in [4.69, 9.17) is 10.5 Å². The maximum Gasteiger partial charge on any atom is 0.0594 e. The van der Waals surface area contributed by atoms with Gasteiger partial charge in [-0.15, -0.1) is 0 Å². The molecule has 0 aromatic rings. The van der Waals surface area contributed by atoms with Crippen molar-refractivity contribution >= 4 is 0 Å². The van der Waals surface area contributed by atoms with Crippen LogP contribution in [0.2, 0.25) is 0 Å². The molecule has 12 heavy (non-hydrogen) atoms. The van der Waals surface area contributed by atoms with Gasteiger partial charge in [0.05, 0.1) is 13.2 Å². The van der Waals surface area contributed by atoms with Gasteiger partial charge in [-0.3, -0.25) is 4.90 Å². The van der Waals surface area contributed by atoms with Crippen LogP contribution >= 0.6 is 0 Å².